The number of para-hydroxylation sites is 1. The van der Waals surface area contributed by atoms with Crippen LogP contribution in [0.15, 0.2) is 162 Å². The fourth-order valence-electron chi connectivity index (χ4n) is 5.55. The van der Waals surface area contributed by atoms with E-state index < -0.39 is 0 Å². The van der Waals surface area contributed by atoms with Gasteiger partial charge in [-0.1, -0.05) is 102 Å². The number of benzene rings is 5. The largest absolute Gasteiger partial charge is 0.501 e. The fourth-order valence-corrected chi connectivity index (χ4v) is 5.55. The minimum absolute atomic E-state index is 0. The number of hydrogen-bond acceptors (Lipinski definition) is 3. The maximum absolute atomic E-state index is 6.12. The molecule has 0 saturated heterocycles. The SMILES string of the molecule is [Ir].[c-]1ccc2c(oc3ccccc32)c1-c1cc(Cc2ccccc2)ccn1.[c-]1ccccc1-c1cc(Cc2ccccc2)ccn1. The van der Waals surface area contributed by atoms with E-state index in [-0.39, 0.29) is 20.1 Å². The number of hydrogen-bond donors (Lipinski definition) is 0. The topological polar surface area (TPSA) is 38.9 Å². The molecular weight excluding hydrogens is 741 g/mol. The maximum Gasteiger partial charge on any atom is 0.120 e. The van der Waals surface area contributed by atoms with E-state index in [0.29, 0.717) is 0 Å². The molecule has 0 aliphatic carbocycles. The van der Waals surface area contributed by atoms with Crippen molar-refractivity contribution in [2.24, 2.45) is 0 Å². The molecule has 0 bridgehead atoms. The average Bonchev–Trinajstić information content (AvgIpc) is 3.49. The second kappa shape index (κ2) is 14.8. The minimum atomic E-state index is 0. The molecule has 1 radical (unpaired) electrons. The first kappa shape index (κ1) is 30.9. The summed E-state index contributed by atoms with van der Waals surface area (Å²) in [5.74, 6) is 0. The van der Waals surface area contributed by atoms with Crippen LogP contribution in [-0.4, -0.2) is 9.97 Å². The van der Waals surface area contributed by atoms with Gasteiger partial charge in [0, 0.05) is 37.9 Å². The molecule has 225 valence electrons. The Labute approximate surface area is 283 Å². The third-order valence-corrected chi connectivity index (χ3v) is 7.73. The number of aromatic nitrogens is 2. The third-order valence-electron chi connectivity index (χ3n) is 7.73. The van der Waals surface area contributed by atoms with Crippen LogP contribution in [0.1, 0.15) is 22.3 Å². The molecular formula is C42H30IrN2O-2. The molecule has 0 aliphatic rings. The third kappa shape index (κ3) is 7.21. The van der Waals surface area contributed by atoms with E-state index in [1.54, 1.807) is 0 Å². The summed E-state index contributed by atoms with van der Waals surface area (Å²) in [6.07, 6.45) is 5.55. The summed E-state index contributed by atoms with van der Waals surface area (Å²) in [5.41, 5.74) is 10.7. The van der Waals surface area contributed by atoms with Crippen molar-refractivity contribution in [2.45, 2.75) is 12.8 Å². The zero-order valence-corrected chi connectivity index (χ0v) is 27.5. The van der Waals surface area contributed by atoms with Crippen molar-refractivity contribution in [1.29, 1.82) is 0 Å². The summed E-state index contributed by atoms with van der Waals surface area (Å²) in [5, 5.41) is 2.22. The molecule has 0 saturated carbocycles. The van der Waals surface area contributed by atoms with Gasteiger partial charge in [0.2, 0.25) is 0 Å². The van der Waals surface area contributed by atoms with Crippen molar-refractivity contribution in [1.82, 2.24) is 9.97 Å². The van der Waals surface area contributed by atoms with Crippen LogP contribution in [0.3, 0.4) is 0 Å². The summed E-state index contributed by atoms with van der Waals surface area (Å²) in [6.45, 7) is 0. The van der Waals surface area contributed by atoms with E-state index in [2.05, 4.69) is 107 Å². The van der Waals surface area contributed by atoms with Crippen molar-refractivity contribution in [2.75, 3.05) is 0 Å². The van der Waals surface area contributed by atoms with E-state index in [4.69, 9.17) is 4.42 Å². The smallest absolute Gasteiger partial charge is 0.120 e. The van der Waals surface area contributed by atoms with Crippen molar-refractivity contribution in [3.63, 3.8) is 0 Å². The average molecular weight is 771 g/mol. The van der Waals surface area contributed by atoms with Crippen LogP contribution in [0.25, 0.3) is 44.5 Å². The molecule has 3 heterocycles. The van der Waals surface area contributed by atoms with Crippen molar-refractivity contribution < 1.29 is 24.5 Å². The first-order valence-electron chi connectivity index (χ1n) is 15.1. The predicted molar refractivity (Wildman–Crippen MR) is 183 cm³/mol. The minimum Gasteiger partial charge on any atom is -0.501 e. The summed E-state index contributed by atoms with van der Waals surface area (Å²) in [7, 11) is 0. The molecule has 0 N–H and O–H groups in total. The first-order valence-corrected chi connectivity index (χ1v) is 15.1. The molecule has 3 aromatic heterocycles. The second-order valence-corrected chi connectivity index (χ2v) is 10.9. The molecule has 0 atom stereocenters. The fraction of sp³-hybridized carbons (Fsp3) is 0.0476. The number of fused-ring (bicyclic) bond motifs is 3. The van der Waals surface area contributed by atoms with Gasteiger partial charge in [0.1, 0.15) is 5.58 Å². The van der Waals surface area contributed by atoms with Crippen molar-refractivity contribution in [3.8, 4) is 22.5 Å². The Morgan fingerprint density at radius 2 is 1.11 bits per heavy atom. The summed E-state index contributed by atoms with van der Waals surface area (Å²) in [4.78, 5) is 9.00. The van der Waals surface area contributed by atoms with E-state index in [1.807, 2.05) is 73.1 Å². The van der Waals surface area contributed by atoms with E-state index >= 15 is 0 Å². The molecule has 4 heteroatoms. The molecule has 8 aromatic rings. The van der Waals surface area contributed by atoms with Gasteiger partial charge >= 0.3 is 0 Å². The Bertz CT molecular complexity index is 2160. The van der Waals surface area contributed by atoms with Gasteiger partial charge in [-0.15, -0.1) is 54.1 Å². The van der Waals surface area contributed by atoms with Gasteiger partial charge in [0.15, 0.2) is 0 Å². The molecule has 0 amide bonds. The molecule has 5 aromatic carbocycles. The van der Waals surface area contributed by atoms with Crippen LogP contribution in [0, 0.1) is 12.1 Å². The van der Waals surface area contributed by atoms with Gasteiger partial charge in [-0.2, -0.15) is 0 Å². The van der Waals surface area contributed by atoms with Crippen molar-refractivity contribution >= 4 is 21.9 Å². The summed E-state index contributed by atoms with van der Waals surface area (Å²) in [6, 6.07) is 55.9. The van der Waals surface area contributed by atoms with E-state index in [9.17, 15) is 0 Å². The molecule has 0 unspecified atom stereocenters. The van der Waals surface area contributed by atoms with Gasteiger partial charge < -0.3 is 14.4 Å². The quantitative estimate of drug-likeness (QED) is 0.158. The van der Waals surface area contributed by atoms with Crippen LogP contribution in [-0.2, 0) is 32.9 Å². The summed E-state index contributed by atoms with van der Waals surface area (Å²) >= 11 is 0. The van der Waals surface area contributed by atoms with E-state index in [0.717, 1.165) is 57.3 Å². The zero-order valence-electron chi connectivity index (χ0n) is 25.1. The number of pyridine rings is 2. The van der Waals surface area contributed by atoms with Crippen molar-refractivity contribution in [3.05, 3.63) is 192 Å². The Balaban J connectivity index is 0.000000166. The maximum atomic E-state index is 6.12. The Morgan fingerprint density at radius 1 is 0.500 bits per heavy atom. The van der Waals surface area contributed by atoms with Gasteiger partial charge in [-0.05, 0) is 64.7 Å². The molecule has 0 fully saturated rings. The van der Waals surface area contributed by atoms with Gasteiger partial charge in [-0.3, -0.25) is 0 Å². The Hall–Kier alpha value is -5.15. The van der Waals surface area contributed by atoms with Crippen LogP contribution in [0.4, 0.5) is 0 Å². The van der Waals surface area contributed by atoms with Gasteiger partial charge in [0.25, 0.3) is 0 Å². The standard InChI is InChI=1S/C24H16NO.C18H14N.Ir/c1-2-7-17(8-3-1)15-18-13-14-25-22(16-18)21-11-6-10-20-19-9-4-5-12-23(19)26-24(20)21;1-3-7-15(8-4-1)13-16-11-12-19-18(14-16)17-9-5-2-6-10-17;/h1-10,12-14,16H,15H2;1-9,11-12,14H,13H2;/q2*-1;. The first-order chi connectivity index (χ1) is 22.3. The number of nitrogens with zero attached hydrogens (tertiary/aromatic N) is 2. The molecule has 46 heavy (non-hydrogen) atoms. The van der Waals surface area contributed by atoms with Crippen LogP contribution < -0.4 is 0 Å². The molecule has 3 nitrogen and oxygen atoms in total. The zero-order chi connectivity index (χ0) is 30.3. The normalized spacial score (nSPS) is 10.6. The van der Waals surface area contributed by atoms with Crippen LogP contribution >= 0.6 is 0 Å². The molecule has 8 rings (SSSR count). The van der Waals surface area contributed by atoms with Gasteiger partial charge in [-0.25, -0.2) is 0 Å². The molecule has 0 spiro atoms. The number of rotatable bonds is 6. The van der Waals surface area contributed by atoms with Crippen LogP contribution in [0.2, 0.25) is 0 Å². The second-order valence-electron chi connectivity index (χ2n) is 10.9. The monoisotopic (exact) mass is 771 g/mol. The Morgan fingerprint density at radius 3 is 1.78 bits per heavy atom. The van der Waals surface area contributed by atoms with Gasteiger partial charge in [0.05, 0.1) is 5.58 Å². The number of furan rings is 1. The van der Waals surface area contributed by atoms with E-state index in [1.165, 1.54) is 22.3 Å². The van der Waals surface area contributed by atoms with Crippen LogP contribution in [0.5, 0.6) is 0 Å². The predicted octanol–water partition coefficient (Wildman–Crippen LogP) is 10.2. The molecule has 0 aliphatic heterocycles. The Kier molecular flexibility index (Phi) is 9.90. The summed E-state index contributed by atoms with van der Waals surface area (Å²) < 4.78 is 6.12.